The van der Waals surface area contributed by atoms with Crippen LogP contribution < -0.4 is 4.90 Å². The zero-order chi connectivity index (χ0) is 43.4. The van der Waals surface area contributed by atoms with Crippen molar-refractivity contribution in [3.05, 3.63) is 245 Å². The first-order valence-corrected chi connectivity index (χ1v) is 25.2. The molecule has 3 aliphatic carbocycles. The minimum absolute atomic E-state index is 0.0970. The lowest BCUT2D eigenvalue weighted by atomic mass is 9.67. The van der Waals surface area contributed by atoms with E-state index in [1.54, 1.807) is 0 Å². The van der Waals surface area contributed by atoms with Gasteiger partial charge in [0.1, 0.15) is 0 Å². The summed E-state index contributed by atoms with van der Waals surface area (Å²) >= 11 is 3.73. The topological polar surface area (TPSA) is 3.24 Å². The molecule has 0 unspecified atom stereocenters. The van der Waals surface area contributed by atoms with E-state index in [1.807, 2.05) is 23.1 Å². The van der Waals surface area contributed by atoms with Gasteiger partial charge in [-0.05, 0) is 145 Å². The lowest BCUT2D eigenvalue weighted by Gasteiger charge is -2.40. The predicted octanol–water partition coefficient (Wildman–Crippen LogP) is 17.8. The smallest absolute Gasteiger partial charge is 0.0736 e. The molecule has 66 heavy (non-hydrogen) atoms. The van der Waals surface area contributed by atoms with E-state index in [-0.39, 0.29) is 5.41 Å². The molecule has 2 spiro atoms. The Bertz CT molecular complexity index is 3530. The van der Waals surface area contributed by atoms with Crippen LogP contribution in [0.1, 0.15) is 65.5 Å². The van der Waals surface area contributed by atoms with Crippen molar-refractivity contribution in [3.8, 4) is 44.5 Å². The van der Waals surface area contributed by atoms with Gasteiger partial charge in [0, 0.05) is 47.9 Å². The number of fused-ring (bicyclic) bond motifs is 15. The first-order valence-electron chi connectivity index (χ1n) is 23.5. The van der Waals surface area contributed by atoms with E-state index in [0.29, 0.717) is 0 Å². The number of thiophene rings is 1. The SMILES string of the molecule is c1ccc(-c2csc3cc(-c4cccc(N(c5ccc6c(c5)-c5ccccc5C65CCCCC5)c5ccc6c(c5)C5(c7ccccc7Sc7ccccc75)c5ccccc5-6)c4)ccc23)cc1. The first-order chi connectivity index (χ1) is 32.7. The maximum Gasteiger partial charge on any atom is 0.0736 e. The quantitative estimate of drug-likeness (QED) is 0.169. The molecule has 1 aliphatic heterocycles. The van der Waals surface area contributed by atoms with Crippen LogP contribution in [0.5, 0.6) is 0 Å². The van der Waals surface area contributed by atoms with E-state index in [2.05, 4.69) is 217 Å². The van der Waals surface area contributed by atoms with Gasteiger partial charge in [-0.3, -0.25) is 0 Å². The summed E-state index contributed by atoms with van der Waals surface area (Å²) in [7, 11) is 0. The number of anilines is 3. The van der Waals surface area contributed by atoms with Gasteiger partial charge in [-0.1, -0.05) is 183 Å². The summed E-state index contributed by atoms with van der Waals surface area (Å²) in [5.74, 6) is 0. The second-order valence-electron chi connectivity index (χ2n) is 18.7. The maximum absolute atomic E-state index is 2.54. The Hall–Kier alpha value is -6.91. The molecule has 4 aliphatic rings. The zero-order valence-corrected chi connectivity index (χ0v) is 38.1. The molecule has 9 aromatic carbocycles. The normalized spacial score (nSPS) is 15.5. The molecular weight excluding hydrogens is 835 g/mol. The van der Waals surface area contributed by atoms with Gasteiger partial charge in [0.05, 0.1) is 5.41 Å². The molecule has 10 aromatic rings. The largest absolute Gasteiger partial charge is 0.310 e. The summed E-state index contributed by atoms with van der Waals surface area (Å²) in [5.41, 5.74) is 22.0. The molecule has 1 aromatic heterocycles. The van der Waals surface area contributed by atoms with E-state index in [9.17, 15) is 0 Å². The van der Waals surface area contributed by atoms with Crippen LogP contribution in [0.4, 0.5) is 17.1 Å². The average molecular weight is 880 g/mol. The van der Waals surface area contributed by atoms with Gasteiger partial charge >= 0.3 is 0 Å². The van der Waals surface area contributed by atoms with Crippen molar-refractivity contribution in [3.63, 3.8) is 0 Å². The second-order valence-corrected chi connectivity index (χ2v) is 20.6. The molecule has 0 saturated heterocycles. The lowest BCUT2D eigenvalue weighted by molar-refractivity contribution is 0.353. The predicted molar refractivity (Wildman–Crippen MR) is 278 cm³/mol. The summed E-state index contributed by atoms with van der Waals surface area (Å²) in [4.78, 5) is 5.18. The van der Waals surface area contributed by atoms with Crippen LogP contribution in [0.15, 0.2) is 221 Å². The van der Waals surface area contributed by atoms with Crippen molar-refractivity contribution in [2.24, 2.45) is 0 Å². The van der Waals surface area contributed by atoms with Crippen molar-refractivity contribution in [1.82, 2.24) is 0 Å². The average Bonchev–Trinajstić information content (AvgIpc) is 4.02. The van der Waals surface area contributed by atoms with Crippen molar-refractivity contribution in [2.45, 2.75) is 52.7 Å². The van der Waals surface area contributed by atoms with E-state index in [4.69, 9.17) is 0 Å². The van der Waals surface area contributed by atoms with Crippen molar-refractivity contribution < 1.29 is 0 Å². The third-order valence-corrected chi connectivity index (χ3v) is 17.5. The third kappa shape index (κ3) is 5.48. The Morgan fingerprint density at radius 1 is 0.364 bits per heavy atom. The van der Waals surface area contributed by atoms with Gasteiger partial charge in [0.25, 0.3) is 0 Å². The molecule has 1 fully saturated rings. The fraction of sp³-hybridized carbons (Fsp3) is 0.111. The highest BCUT2D eigenvalue weighted by Gasteiger charge is 2.50. The monoisotopic (exact) mass is 879 g/mol. The molecular formula is C63H45NS2. The fourth-order valence-electron chi connectivity index (χ4n) is 12.6. The Kier molecular flexibility index (Phi) is 8.61. The van der Waals surface area contributed by atoms with E-state index in [0.717, 1.165) is 11.4 Å². The molecule has 3 heteroatoms. The highest BCUT2D eigenvalue weighted by atomic mass is 32.2. The van der Waals surface area contributed by atoms with Crippen LogP contribution in [-0.4, -0.2) is 0 Å². The summed E-state index contributed by atoms with van der Waals surface area (Å²) in [6.07, 6.45) is 6.33. The van der Waals surface area contributed by atoms with Gasteiger partial charge in [-0.25, -0.2) is 0 Å². The lowest BCUT2D eigenvalue weighted by Crippen LogP contribution is -2.32. The zero-order valence-electron chi connectivity index (χ0n) is 36.5. The maximum atomic E-state index is 2.54. The van der Waals surface area contributed by atoms with Crippen molar-refractivity contribution in [2.75, 3.05) is 4.90 Å². The first kappa shape index (κ1) is 38.4. The summed E-state index contributed by atoms with van der Waals surface area (Å²) in [6, 6.07) is 78.5. The molecule has 2 heterocycles. The molecule has 0 amide bonds. The Labute approximate surface area is 395 Å². The third-order valence-electron chi connectivity index (χ3n) is 15.4. The molecule has 0 radical (unpaired) electrons. The van der Waals surface area contributed by atoms with E-state index >= 15 is 0 Å². The molecule has 1 nitrogen and oxygen atoms in total. The highest BCUT2D eigenvalue weighted by molar-refractivity contribution is 7.99. The fourth-order valence-corrected chi connectivity index (χ4v) is 14.8. The number of nitrogens with zero attached hydrogens (tertiary/aromatic N) is 1. The number of hydrogen-bond acceptors (Lipinski definition) is 3. The van der Waals surface area contributed by atoms with Crippen LogP contribution in [0.3, 0.4) is 0 Å². The van der Waals surface area contributed by atoms with Crippen molar-refractivity contribution >= 4 is 50.2 Å². The minimum Gasteiger partial charge on any atom is -0.310 e. The van der Waals surface area contributed by atoms with Gasteiger partial charge in [0.15, 0.2) is 0 Å². The Morgan fingerprint density at radius 3 is 1.74 bits per heavy atom. The van der Waals surface area contributed by atoms with E-state index < -0.39 is 5.41 Å². The number of hydrogen-bond donors (Lipinski definition) is 0. The van der Waals surface area contributed by atoms with Crippen LogP contribution in [0.2, 0.25) is 0 Å². The van der Waals surface area contributed by atoms with E-state index in [1.165, 1.54) is 136 Å². The number of rotatable bonds is 5. The molecule has 14 rings (SSSR count). The summed E-state index contributed by atoms with van der Waals surface area (Å²) in [5, 5.41) is 3.62. The Balaban J connectivity index is 0.984. The van der Waals surface area contributed by atoms with Gasteiger partial charge in [-0.2, -0.15) is 0 Å². The summed E-state index contributed by atoms with van der Waals surface area (Å²) in [6.45, 7) is 0. The molecule has 0 N–H and O–H groups in total. The van der Waals surface area contributed by atoms with Crippen molar-refractivity contribution in [1.29, 1.82) is 0 Å². The summed E-state index contributed by atoms with van der Waals surface area (Å²) < 4.78 is 1.30. The van der Waals surface area contributed by atoms with Crippen LogP contribution >= 0.6 is 23.1 Å². The molecule has 314 valence electrons. The number of benzene rings is 9. The second kappa shape index (κ2) is 14.8. The van der Waals surface area contributed by atoms with Gasteiger partial charge < -0.3 is 4.90 Å². The minimum atomic E-state index is -0.465. The molecule has 0 atom stereocenters. The van der Waals surface area contributed by atoms with Gasteiger partial charge in [0.2, 0.25) is 0 Å². The van der Waals surface area contributed by atoms with Crippen LogP contribution in [0.25, 0.3) is 54.6 Å². The standard InChI is InChI=1S/C63H45NS2/c1-3-16-41(17-4-1)52-40-65-61-37-43(28-31-50(52)61)42-18-15-19-44(36-42)64(45-30-33-54-51(38-45)48-21-5-7-22-53(48)62(54)34-13-2-14-35-62)46-29-32-49-47-20-6-8-23-55(47)63(58(49)39-46)56-24-9-11-26-59(56)66-60-27-12-10-25-57(60)63/h1,3-12,15-33,36-40H,2,13-14,34-35H2. The van der Waals surface area contributed by atoms with Crippen LogP contribution in [0, 0.1) is 0 Å². The molecule has 1 saturated carbocycles. The Morgan fingerprint density at radius 2 is 0.955 bits per heavy atom. The highest BCUT2D eigenvalue weighted by Crippen LogP contribution is 2.63. The van der Waals surface area contributed by atoms with Gasteiger partial charge in [-0.15, -0.1) is 11.3 Å². The van der Waals surface area contributed by atoms with Crippen LogP contribution in [-0.2, 0) is 10.8 Å². The molecule has 0 bridgehead atoms.